The summed E-state index contributed by atoms with van der Waals surface area (Å²) in [4.78, 5) is 14.8. The van der Waals surface area contributed by atoms with Gasteiger partial charge in [-0.15, -0.1) is 0 Å². The van der Waals surface area contributed by atoms with Gasteiger partial charge in [-0.1, -0.05) is 101 Å². The van der Waals surface area contributed by atoms with Gasteiger partial charge in [0, 0.05) is 39.7 Å². The van der Waals surface area contributed by atoms with Crippen LogP contribution in [0.1, 0.15) is 62.7 Å². The lowest BCUT2D eigenvalue weighted by molar-refractivity contribution is 0.476. The molecule has 0 unspecified atom stereocenters. The average molecular weight is 680 g/mol. The molecule has 0 spiro atoms. The molecule has 0 atom stereocenters. The van der Waals surface area contributed by atoms with Gasteiger partial charge in [-0.25, -0.2) is 4.98 Å². The number of nitrogens with zero attached hydrogens (tertiary/aromatic N) is 3. The average Bonchev–Trinajstić information content (AvgIpc) is 3.14. The van der Waals surface area contributed by atoms with Gasteiger partial charge in [0.1, 0.15) is 5.75 Å². The molecule has 0 aliphatic rings. The predicted octanol–water partition coefficient (Wildman–Crippen LogP) is 12.2. The van der Waals surface area contributed by atoms with E-state index in [9.17, 15) is 5.11 Å². The largest absolute Gasteiger partial charge is 0.507 e. The van der Waals surface area contributed by atoms with Crippen molar-refractivity contribution < 1.29 is 5.11 Å². The highest BCUT2D eigenvalue weighted by Gasteiger charge is 2.25. The molecule has 0 bridgehead atoms. The molecule has 0 fully saturated rings. The maximum atomic E-state index is 11.4. The van der Waals surface area contributed by atoms with E-state index in [1.54, 1.807) is 6.07 Å². The molecule has 0 saturated heterocycles. The lowest BCUT2D eigenvalue weighted by Gasteiger charge is -2.27. The molecule has 7 rings (SSSR count). The van der Waals surface area contributed by atoms with E-state index < -0.39 is 0 Å². The van der Waals surface area contributed by atoms with Gasteiger partial charge in [-0.2, -0.15) is 0 Å². The van der Waals surface area contributed by atoms with Crippen LogP contribution in [-0.2, 0) is 10.8 Å². The van der Waals surface area contributed by atoms with E-state index in [0.717, 1.165) is 61.7 Å². The van der Waals surface area contributed by atoms with E-state index in [2.05, 4.69) is 149 Å². The first-order valence-corrected chi connectivity index (χ1v) is 17.9. The number of hydrogen-bond donors (Lipinski definition) is 1. The number of aromatic nitrogens is 3. The Morgan fingerprint density at radius 2 is 1.04 bits per heavy atom. The molecule has 52 heavy (non-hydrogen) atoms. The second kappa shape index (κ2) is 13.7. The third-order valence-corrected chi connectivity index (χ3v) is 9.99. The van der Waals surface area contributed by atoms with Crippen molar-refractivity contribution in [2.75, 3.05) is 0 Å². The fourth-order valence-corrected chi connectivity index (χ4v) is 6.89. The SMILES string of the molecule is Cc1cc(-c2cc(-c3cc(-c4cc(-c5ccccc5)ccn4)cc(C(C)(C)C)c3)nc(-c3cc(C(C)(C)c4ccccc4)ccc3O)c2)cc(C)n1. The third-order valence-electron chi connectivity index (χ3n) is 9.99. The Hall–Kier alpha value is -5.87. The van der Waals surface area contributed by atoms with Crippen molar-refractivity contribution in [3.63, 3.8) is 0 Å². The molecule has 4 aromatic carbocycles. The van der Waals surface area contributed by atoms with E-state index in [4.69, 9.17) is 9.97 Å². The van der Waals surface area contributed by atoms with Gasteiger partial charge in [-0.05, 0) is 125 Å². The normalized spacial score (nSPS) is 11.8. The van der Waals surface area contributed by atoms with Crippen molar-refractivity contribution >= 4 is 0 Å². The molecule has 4 nitrogen and oxygen atoms in total. The second-order valence-electron chi connectivity index (χ2n) is 15.3. The molecule has 3 aromatic heterocycles. The summed E-state index contributed by atoms with van der Waals surface area (Å²) in [5.74, 6) is 0.191. The molecule has 258 valence electrons. The number of pyridine rings is 3. The number of hydrogen-bond acceptors (Lipinski definition) is 4. The summed E-state index contributed by atoms with van der Waals surface area (Å²) < 4.78 is 0. The van der Waals surface area contributed by atoms with Gasteiger partial charge in [0.05, 0.1) is 17.1 Å². The molecule has 0 amide bonds. The van der Waals surface area contributed by atoms with Crippen LogP contribution in [0.2, 0.25) is 0 Å². The van der Waals surface area contributed by atoms with E-state index in [1.165, 1.54) is 11.1 Å². The summed E-state index contributed by atoms with van der Waals surface area (Å²) in [6, 6.07) is 46.2. The quantitative estimate of drug-likeness (QED) is 0.182. The van der Waals surface area contributed by atoms with Crippen molar-refractivity contribution in [1.82, 2.24) is 15.0 Å². The second-order valence-corrected chi connectivity index (χ2v) is 15.3. The van der Waals surface area contributed by atoms with Crippen LogP contribution in [0, 0.1) is 13.8 Å². The first-order valence-electron chi connectivity index (χ1n) is 17.9. The van der Waals surface area contributed by atoms with Crippen LogP contribution in [0.5, 0.6) is 5.75 Å². The van der Waals surface area contributed by atoms with Gasteiger partial charge in [0.25, 0.3) is 0 Å². The van der Waals surface area contributed by atoms with Crippen LogP contribution in [0.3, 0.4) is 0 Å². The van der Waals surface area contributed by atoms with E-state index in [-0.39, 0.29) is 16.6 Å². The van der Waals surface area contributed by atoms with Crippen molar-refractivity contribution in [2.24, 2.45) is 0 Å². The number of aromatic hydroxyl groups is 1. The van der Waals surface area contributed by atoms with E-state index >= 15 is 0 Å². The topological polar surface area (TPSA) is 58.9 Å². The predicted molar refractivity (Wildman–Crippen MR) is 215 cm³/mol. The zero-order chi connectivity index (χ0) is 36.6. The molecule has 0 saturated carbocycles. The molecule has 3 heterocycles. The number of aryl methyl sites for hydroxylation is 2. The monoisotopic (exact) mass is 679 g/mol. The van der Waals surface area contributed by atoms with Crippen LogP contribution in [0.4, 0.5) is 0 Å². The summed E-state index contributed by atoms with van der Waals surface area (Å²) in [7, 11) is 0. The fraction of sp³-hybridized carbons (Fsp3) is 0.188. The Kier molecular flexibility index (Phi) is 9.10. The molecular weight excluding hydrogens is 635 g/mol. The molecular formula is C48H45N3O. The lowest BCUT2D eigenvalue weighted by Crippen LogP contribution is -2.18. The number of benzene rings is 4. The molecule has 0 aliphatic heterocycles. The molecule has 0 radical (unpaired) electrons. The highest BCUT2D eigenvalue weighted by atomic mass is 16.3. The first-order chi connectivity index (χ1) is 24.8. The van der Waals surface area contributed by atoms with Gasteiger partial charge < -0.3 is 5.11 Å². The van der Waals surface area contributed by atoms with Crippen LogP contribution < -0.4 is 0 Å². The van der Waals surface area contributed by atoms with Crippen LogP contribution in [0.25, 0.3) is 56.0 Å². The fourth-order valence-electron chi connectivity index (χ4n) is 6.89. The van der Waals surface area contributed by atoms with Gasteiger partial charge in [-0.3, -0.25) is 9.97 Å². The zero-order valence-electron chi connectivity index (χ0n) is 31.1. The molecule has 1 N–H and O–H groups in total. The Morgan fingerprint density at radius 3 is 1.71 bits per heavy atom. The molecule has 7 aromatic rings. The number of phenolic OH excluding ortho intramolecular Hbond substituents is 1. The summed E-state index contributed by atoms with van der Waals surface area (Å²) >= 11 is 0. The minimum Gasteiger partial charge on any atom is -0.507 e. The van der Waals surface area contributed by atoms with Crippen LogP contribution >= 0.6 is 0 Å². The Morgan fingerprint density at radius 1 is 0.442 bits per heavy atom. The molecule has 0 aliphatic carbocycles. The Labute approximate surface area is 308 Å². The van der Waals surface area contributed by atoms with Gasteiger partial charge >= 0.3 is 0 Å². The minimum atomic E-state index is -0.291. The van der Waals surface area contributed by atoms with Crippen molar-refractivity contribution in [3.8, 4) is 61.8 Å². The van der Waals surface area contributed by atoms with Crippen molar-refractivity contribution in [2.45, 2.75) is 59.3 Å². The van der Waals surface area contributed by atoms with Crippen LogP contribution in [-0.4, -0.2) is 20.1 Å². The zero-order valence-corrected chi connectivity index (χ0v) is 31.1. The number of phenols is 1. The highest BCUT2D eigenvalue weighted by Crippen LogP contribution is 2.40. The maximum absolute atomic E-state index is 11.4. The minimum absolute atomic E-state index is 0.128. The summed E-state index contributed by atoms with van der Waals surface area (Å²) in [6.45, 7) is 15.2. The standard InChI is InChI=1S/C48H45N3O/c1-31-22-35(23-32(2)50-31)36-28-44(51-45(29-36)42-30-40(18-19-46(42)52)48(6,7)39-16-12-9-13-17-39)38-24-37(25-41(26-38)47(3,4)5)43-27-34(20-21-49-43)33-14-10-8-11-15-33/h8-30,52H,1-7H3. The molecule has 4 heteroatoms. The van der Waals surface area contributed by atoms with E-state index in [1.807, 2.05) is 38.2 Å². The summed E-state index contributed by atoms with van der Waals surface area (Å²) in [6.07, 6.45) is 1.89. The van der Waals surface area contributed by atoms with E-state index in [0.29, 0.717) is 11.3 Å². The Bertz CT molecular complexity index is 2370. The highest BCUT2D eigenvalue weighted by molar-refractivity contribution is 5.81. The lowest BCUT2D eigenvalue weighted by atomic mass is 9.77. The van der Waals surface area contributed by atoms with Crippen molar-refractivity contribution in [3.05, 3.63) is 168 Å². The maximum Gasteiger partial charge on any atom is 0.124 e. The summed E-state index contributed by atoms with van der Waals surface area (Å²) in [5, 5.41) is 11.4. The van der Waals surface area contributed by atoms with Gasteiger partial charge in [0.15, 0.2) is 0 Å². The first kappa shape index (κ1) is 34.6. The summed E-state index contributed by atoms with van der Waals surface area (Å²) in [5.41, 5.74) is 14.4. The van der Waals surface area contributed by atoms with Gasteiger partial charge in [0.2, 0.25) is 0 Å². The third kappa shape index (κ3) is 7.15. The van der Waals surface area contributed by atoms with Crippen LogP contribution in [0.15, 0.2) is 140 Å². The smallest absolute Gasteiger partial charge is 0.124 e. The Balaban J connectivity index is 1.44. The number of rotatable bonds is 7. The van der Waals surface area contributed by atoms with Crippen molar-refractivity contribution in [1.29, 1.82) is 0 Å².